The molecule has 3 N–H and O–H groups in total. The van der Waals surface area contributed by atoms with Crippen LogP contribution in [-0.2, 0) is 6.42 Å². The lowest BCUT2D eigenvalue weighted by Gasteiger charge is -2.07. The number of nitrogens with one attached hydrogen (secondary N) is 1. The molecule has 0 aromatic carbocycles. The van der Waals surface area contributed by atoms with Gasteiger partial charge in [0.05, 0.1) is 0 Å². The number of rotatable bonds is 2. The van der Waals surface area contributed by atoms with Gasteiger partial charge in [-0.1, -0.05) is 0 Å². The van der Waals surface area contributed by atoms with Crippen LogP contribution in [0.4, 0.5) is 19.1 Å². The van der Waals surface area contributed by atoms with Crippen molar-refractivity contribution in [3.05, 3.63) is 21.6 Å². The zero-order chi connectivity index (χ0) is 11.6. The van der Waals surface area contributed by atoms with E-state index in [1.165, 1.54) is 6.92 Å². The van der Waals surface area contributed by atoms with Gasteiger partial charge in [-0.15, -0.1) is 0 Å². The van der Waals surface area contributed by atoms with Crippen molar-refractivity contribution in [1.82, 2.24) is 9.97 Å². The van der Waals surface area contributed by atoms with Gasteiger partial charge in [-0.3, -0.25) is 9.78 Å². The third-order valence-corrected chi connectivity index (χ3v) is 1.90. The van der Waals surface area contributed by atoms with Crippen LogP contribution in [0.15, 0.2) is 4.79 Å². The van der Waals surface area contributed by atoms with Crippen molar-refractivity contribution < 1.29 is 13.2 Å². The van der Waals surface area contributed by atoms with Crippen LogP contribution >= 0.6 is 0 Å². The number of anilines is 1. The molecule has 0 fully saturated rings. The number of hydrogen-bond acceptors (Lipinski definition) is 3. The first-order valence-corrected chi connectivity index (χ1v) is 4.21. The topological polar surface area (TPSA) is 71.8 Å². The quantitative estimate of drug-likeness (QED) is 0.787. The molecule has 0 atom stereocenters. The van der Waals surface area contributed by atoms with Gasteiger partial charge in [0, 0.05) is 17.7 Å². The maximum Gasteiger partial charge on any atom is 0.389 e. The minimum Gasteiger partial charge on any atom is -0.369 e. The molecule has 1 heterocycles. The zero-order valence-corrected chi connectivity index (χ0v) is 7.98. The van der Waals surface area contributed by atoms with Crippen molar-refractivity contribution in [3.63, 3.8) is 0 Å². The SMILES string of the molecule is Cc1nc(N)[nH]c(=O)c1CCC(F)(F)F. The first-order valence-electron chi connectivity index (χ1n) is 4.21. The number of nitrogens with two attached hydrogens (primary N) is 1. The Morgan fingerprint density at radius 1 is 1.47 bits per heavy atom. The van der Waals surface area contributed by atoms with Gasteiger partial charge >= 0.3 is 6.18 Å². The monoisotopic (exact) mass is 221 g/mol. The largest absolute Gasteiger partial charge is 0.389 e. The molecule has 0 aliphatic heterocycles. The van der Waals surface area contributed by atoms with Crippen LogP contribution in [-0.4, -0.2) is 16.1 Å². The highest BCUT2D eigenvalue weighted by molar-refractivity contribution is 5.24. The molecular weight excluding hydrogens is 211 g/mol. The molecule has 1 rings (SSSR count). The van der Waals surface area contributed by atoms with Gasteiger partial charge in [0.25, 0.3) is 5.56 Å². The Kier molecular flexibility index (Phi) is 3.01. The Morgan fingerprint density at radius 3 is 2.53 bits per heavy atom. The second-order valence-electron chi connectivity index (χ2n) is 3.13. The van der Waals surface area contributed by atoms with Crippen molar-refractivity contribution in [2.75, 3.05) is 5.73 Å². The lowest BCUT2D eigenvalue weighted by atomic mass is 10.1. The molecule has 0 aliphatic rings. The summed E-state index contributed by atoms with van der Waals surface area (Å²) in [6.07, 6.45) is -5.69. The van der Waals surface area contributed by atoms with Crippen LogP contribution in [0.1, 0.15) is 17.7 Å². The molecule has 0 aliphatic carbocycles. The van der Waals surface area contributed by atoms with Gasteiger partial charge in [0.15, 0.2) is 0 Å². The predicted octanol–water partition coefficient (Wildman–Crippen LogP) is 1.16. The van der Waals surface area contributed by atoms with E-state index in [0.29, 0.717) is 0 Å². The van der Waals surface area contributed by atoms with E-state index in [2.05, 4.69) is 9.97 Å². The van der Waals surface area contributed by atoms with Crippen LogP contribution in [0.3, 0.4) is 0 Å². The summed E-state index contributed by atoms with van der Waals surface area (Å²) in [5.41, 5.74) is 4.88. The maximum absolute atomic E-state index is 11.9. The third-order valence-electron chi connectivity index (χ3n) is 1.90. The van der Waals surface area contributed by atoms with Crippen LogP contribution in [0.2, 0.25) is 0 Å². The van der Waals surface area contributed by atoms with E-state index in [4.69, 9.17) is 5.73 Å². The fraction of sp³-hybridized carbons (Fsp3) is 0.500. The second-order valence-corrected chi connectivity index (χ2v) is 3.13. The van der Waals surface area contributed by atoms with Gasteiger partial charge < -0.3 is 5.73 Å². The van der Waals surface area contributed by atoms with E-state index >= 15 is 0 Å². The smallest absolute Gasteiger partial charge is 0.369 e. The number of hydrogen-bond donors (Lipinski definition) is 2. The molecule has 84 valence electrons. The number of halogens is 3. The normalized spacial score (nSPS) is 11.7. The van der Waals surface area contributed by atoms with Gasteiger partial charge in [-0.25, -0.2) is 4.98 Å². The number of alkyl halides is 3. The highest BCUT2D eigenvalue weighted by Crippen LogP contribution is 2.21. The summed E-state index contributed by atoms with van der Waals surface area (Å²) in [6.45, 7) is 1.46. The molecule has 1 aromatic heterocycles. The third kappa shape index (κ3) is 3.26. The Bertz CT molecular complexity index is 411. The summed E-state index contributed by atoms with van der Waals surface area (Å²) < 4.78 is 35.8. The number of nitrogen functional groups attached to an aromatic ring is 1. The highest BCUT2D eigenvalue weighted by atomic mass is 19.4. The fourth-order valence-corrected chi connectivity index (χ4v) is 1.19. The van der Waals surface area contributed by atoms with Gasteiger partial charge in [0.1, 0.15) is 0 Å². The van der Waals surface area contributed by atoms with E-state index in [-0.39, 0.29) is 23.6 Å². The van der Waals surface area contributed by atoms with E-state index in [1.807, 2.05) is 0 Å². The molecule has 0 saturated heterocycles. The van der Waals surface area contributed by atoms with E-state index in [9.17, 15) is 18.0 Å². The van der Waals surface area contributed by atoms with Crippen molar-refractivity contribution >= 4 is 5.95 Å². The van der Waals surface area contributed by atoms with E-state index in [0.717, 1.165) is 0 Å². The number of aryl methyl sites for hydroxylation is 1. The average molecular weight is 221 g/mol. The first kappa shape index (κ1) is 11.5. The van der Waals surface area contributed by atoms with Crippen LogP contribution in [0, 0.1) is 6.92 Å². The number of aromatic amines is 1. The summed E-state index contributed by atoms with van der Waals surface area (Å²) in [4.78, 5) is 17.1. The van der Waals surface area contributed by atoms with Crippen molar-refractivity contribution in [1.29, 1.82) is 0 Å². The summed E-state index contributed by atoms with van der Waals surface area (Å²) in [5.74, 6) is -0.0896. The Morgan fingerprint density at radius 2 is 2.07 bits per heavy atom. The molecule has 1 aromatic rings. The molecule has 0 bridgehead atoms. The number of H-pyrrole nitrogens is 1. The Labute approximate surface area is 83.3 Å². The predicted molar refractivity (Wildman–Crippen MR) is 48.4 cm³/mol. The molecule has 0 spiro atoms. The maximum atomic E-state index is 11.9. The summed E-state index contributed by atoms with van der Waals surface area (Å²) >= 11 is 0. The highest BCUT2D eigenvalue weighted by Gasteiger charge is 2.27. The van der Waals surface area contributed by atoms with Gasteiger partial charge in [0.2, 0.25) is 5.95 Å². The van der Waals surface area contributed by atoms with Crippen molar-refractivity contribution in [2.45, 2.75) is 25.9 Å². The molecule has 0 saturated carbocycles. The van der Waals surface area contributed by atoms with Crippen molar-refractivity contribution in [2.24, 2.45) is 0 Å². The summed E-state index contributed by atoms with van der Waals surface area (Å²) in [5, 5.41) is 0. The minimum absolute atomic E-state index is 0.0292. The van der Waals surface area contributed by atoms with Crippen LogP contribution in [0.5, 0.6) is 0 Å². The van der Waals surface area contributed by atoms with Crippen molar-refractivity contribution in [3.8, 4) is 0 Å². The summed E-state index contributed by atoms with van der Waals surface area (Å²) in [6, 6.07) is 0. The van der Waals surface area contributed by atoms with Crippen LogP contribution in [0.25, 0.3) is 0 Å². The molecular formula is C8H10F3N3O. The van der Waals surface area contributed by atoms with Gasteiger partial charge in [-0.2, -0.15) is 13.2 Å². The molecule has 15 heavy (non-hydrogen) atoms. The molecule has 4 nitrogen and oxygen atoms in total. The molecule has 0 unspecified atom stereocenters. The second kappa shape index (κ2) is 3.92. The zero-order valence-electron chi connectivity index (χ0n) is 7.98. The Hall–Kier alpha value is -1.53. The number of nitrogens with zero attached hydrogens (tertiary/aromatic N) is 1. The number of aromatic nitrogens is 2. The van der Waals surface area contributed by atoms with E-state index in [1.54, 1.807) is 0 Å². The van der Waals surface area contributed by atoms with Crippen LogP contribution < -0.4 is 11.3 Å². The Balaban J connectivity index is 2.91. The average Bonchev–Trinajstić information content (AvgIpc) is 1.99. The lowest BCUT2D eigenvalue weighted by molar-refractivity contribution is -0.134. The molecule has 0 amide bonds. The lowest BCUT2D eigenvalue weighted by Crippen LogP contribution is -2.20. The minimum atomic E-state index is -4.28. The fourth-order valence-electron chi connectivity index (χ4n) is 1.19. The van der Waals surface area contributed by atoms with E-state index < -0.39 is 18.2 Å². The molecule has 0 radical (unpaired) electrons. The molecule has 7 heteroatoms. The van der Waals surface area contributed by atoms with Gasteiger partial charge in [-0.05, 0) is 13.3 Å². The first-order chi connectivity index (χ1) is 6.79. The summed E-state index contributed by atoms with van der Waals surface area (Å²) in [7, 11) is 0. The standard InChI is InChI=1S/C8H10F3N3O/c1-4-5(2-3-8(9,10)11)6(15)14-7(12)13-4/h2-3H2,1H3,(H3,12,13,14,15).